The molecule has 4 rings (SSSR count). The van der Waals surface area contributed by atoms with Gasteiger partial charge in [-0.15, -0.1) is 0 Å². The van der Waals surface area contributed by atoms with Gasteiger partial charge in [0.25, 0.3) is 11.8 Å². The van der Waals surface area contributed by atoms with E-state index in [9.17, 15) is 9.59 Å². The molecule has 1 N–H and O–H groups in total. The first kappa shape index (κ1) is 18.0. The number of aromatic nitrogens is 2. The van der Waals surface area contributed by atoms with Crippen molar-refractivity contribution in [2.24, 2.45) is 0 Å². The highest BCUT2D eigenvalue weighted by Gasteiger charge is 2.29. The summed E-state index contributed by atoms with van der Waals surface area (Å²) in [6.07, 6.45) is 4.24. The highest BCUT2D eigenvalue weighted by Crippen LogP contribution is 2.23. The zero-order valence-electron chi connectivity index (χ0n) is 15.7. The molecule has 0 spiro atoms. The highest BCUT2D eigenvalue weighted by atomic mass is 16.3. The van der Waals surface area contributed by atoms with Crippen LogP contribution in [0.3, 0.4) is 0 Å². The molecule has 0 unspecified atom stereocenters. The Hall–Kier alpha value is -3.35. The van der Waals surface area contributed by atoms with Gasteiger partial charge in [0.15, 0.2) is 0 Å². The summed E-state index contributed by atoms with van der Waals surface area (Å²) in [6, 6.07) is 13.0. The van der Waals surface area contributed by atoms with Crippen LogP contribution in [-0.4, -0.2) is 28.4 Å². The number of hydrogen-bond acceptors (Lipinski definition) is 4. The van der Waals surface area contributed by atoms with Crippen molar-refractivity contribution in [2.45, 2.75) is 32.4 Å². The van der Waals surface area contributed by atoms with Crippen LogP contribution in [0.2, 0.25) is 0 Å². The molecule has 144 valence electrons. The number of carbonyl (C=O) groups is 2. The van der Waals surface area contributed by atoms with E-state index in [1.54, 1.807) is 30.3 Å². The number of nitrogens with one attached hydrogen (secondary N) is 1. The van der Waals surface area contributed by atoms with Gasteiger partial charge in [-0.25, -0.2) is 4.98 Å². The first-order valence-corrected chi connectivity index (χ1v) is 9.38. The summed E-state index contributed by atoms with van der Waals surface area (Å²) in [5, 5.41) is 2.83. The molecule has 0 aliphatic carbocycles. The number of amides is 2. The Morgan fingerprint density at radius 1 is 1.18 bits per heavy atom. The molecule has 1 aliphatic rings. The summed E-state index contributed by atoms with van der Waals surface area (Å²) < 4.78 is 7.15. The Labute approximate surface area is 163 Å². The van der Waals surface area contributed by atoms with Gasteiger partial charge in [0.05, 0.1) is 18.5 Å². The predicted molar refractivity (Wildman–Crippen MR) is 104 cm³/mol. The van der Waals surface area contributed by atoms with Crippen LogP contribution in [0.5, 0.6) is 0 Å². The van der Waals surface area contributed by atoms with E-state index >= 15 is 0 Å². The van der Waals surface area contributed by atoms with Crippen LogP contribution >= 0.6 is 0 Å². The molecule has 0 atom stereocenters. The summed E-state index contributed by atoms with van der Waals surface area (Å²) in [5.74, 6) is 0.466. The van der Waals surface area contributed by atoms with Gasteiger partial charge in [0.1, 0.15) is 11.5 Å². The molecule has 28 heavy (non-hydrogen) atoms. The number of nitrogens with zero attached hydrogens (tertiary/aromatic N) is 3. The molecule has 2 aromatic heterocycles. The molecule has 0 radical (unpaired) electrons. The molecule has 1 aromatic carbocycles. The Bertz CT molecular complexity index is 977. The van der Waals surface area contributed by atoms with Crippen LogP contribution < -0.4 is 10.2 Å². The Kier molecular flexibility index (Phi) is 4.97. The molecule has 3 aromatic rings. The van der Waals surface area contributed by atoms with Gasteiger partial charge in [-0.05, 0) is 43.5 Å². The smallest absolute Gasteiger partial charge is 0.294 e. The van der Waals surface area contributed by atoms with E-state index < -0.39 is 0 Å². The largest absolute Gasteiger partial charge is 0.467 e. The molecule has 0 bridgehead atoms. The fourth-order valence-electron chi connectivity index (χ4n) is 3.47. The maximum Gasteiger partial charge on any atom is 0.294 e. The maximum absolute atomic E-state index is 13.1. The van der Waals surface area contributed by atoms with Crippen molar-refractivity contribution >= 4 is 17.5 Å². The molecular formula is C21H22N4O3. The van der Waals surface area contributed by atoms with Gasteiger partial charge in [0, 0.05) is 19.3 Å². The van der Waals surface area contributed by atoms with Gasteiger partial charge >= 0.3 is 0 Å². The number of imidazole rings is 1. The van der Waals surface area contributed by atoms with Crippen molar-refractivity contribution in [3.05, 3.63) is 71.7 Å². The average molecular weight is 378 g/mol. The summed E-state index contributed by atoms with van der Waals surface area (Å²) in [5.41, 5.74) is 1.94. The number of rotatable bonds is 5. The third kappa shape index (κ3) is 3.43. The van der Waals surface area contributed by atoms with Gasteiger partial charge < -0.3 is 19.2 Å². The van der Waals surface area contributed by atoms with Gasteiger partial charge in [-0.3, -0.25) is 9.59 Å². The minimum atomic E-state index is -0.288. The van der Waals surface area contributed by atoms with Crippen LogP contribution in [0.1, 0.15) is 45.4 Å². The molecule has 2 amide bonds. The van der Waals surface area contributed by atoms with Crippen molar-refractivity contribution in [3.63, 3.8) is 0 Å². The SMILES string of the molecule is CN(C(=O)c1nc(C(=O)NCc2ccco2)c2n1CCCC2)c1ccccc1. The van der Waals surface area contributed by atoms with Crippen LogP contribution in [0, 0.1) is 0 Å². The summed E-state index contributed by atoms with van der Waals surface area (Å²) in [4.78, 5) is 31.9. The van der Waals surface area contributed by atoms with Gasteiger partial charge in [-0.2, -0.15) is 0 Å². The summed E-state index contributed by atoms with van der Waals surface area (Å²) in [6.45, 7) is 0.975. The monoisotopic (exact) mass is 378 g/mol. The van der Waals surface area contributed by atoms with Crippen LogP contribution in [0.15, 0.2) is 53.1 Å². The van der Waals surface area contributed by atoms with Gasteiger partial charge in [0.2, 0.25) is 5.82 Å². The lowest BCUT2D eigenvalue weighted by molar-refractivity contribution is 0.0942. The number of benzene rings is 1. The predicted octanol–water partition coefficient (Wildman–Crippen LogP) is 3.02. The van der Waals surface area contributed by atoms with Crippen LogP contribution in [0.4, 0.5) is 5.69 Å². The fraction of sp³-hybridized carbons (Fsp3) is 0.286. The van der Waals surface area contributed by atoms with Crippen molar-refractivity contribution in [3.8, 4) is 0 Å². The lowest BCUT2D eigenvalue weighted by Crippen LogP contribution is -2.30. The molecule has 3 heterocycles. The normalized spacial score (nSPS) is 13.0. The summed E-state index contributed by atoms with van der Waals surface area (Å²) >= 11 is 0. The highest BCUT2D eigenvalue weighted by molar-refractivity contribution is 6.05. The number of anilines is 1. The molecule has 0 fully saturated rings. The van der Waals surface area contributed by atoms with Crippen LogP contribution in [0.25, 0.3) is 0 Å². The molecule has 0 saturated carbocycles. The Morgan fingerprint density at radius 2 is 2.00 bits per heavy atom. The zero-order chi connectivity index (χ0) is 19.5. The minimum absolute atomic E-state index is 0.223. The molecule has 1 aliphatic heterocycles. The molecular weight excluding hydrogens is 356 g/mol. The summed E-state index contributed by atoms with van der Waals surface area (Å²) in [7, 11) is 1.72. The molecule has 7 nitrogen and oxygen atoms in total. The second-order valence-corrected chi connectivity index (χ2v) is 6.80. The molecule has 7 heteroatoms. The van der Waals surface area contributed by atoms with E-state index in [-0.39, 0.29) is 18.4 Å². The second-order valence-electron chi connectivity index (χ2n) is 6.80. The van der Waals surface area contributed by atoms with E-state index in [4.69, 9.17) is 4.42 Å². The van der Waals surface area contributed by atoms with Crippen LogP contribution in [-0.2, 0) is 19.5 Å². The van der Waals surface area contributed by atoms with Crippen molar-refractivity contribution in [1.29, 1.82) is 0 Å². The Balaban J connectivity index is 1.61. The minimum Gasteiger partial charge on any atom is -0.467 e. The van der Waals surface area contributed by atoms with E-state index in [1.807, 2.05) is 34.9 Å². The second kappa shape index (κ2) is 7.72. The lowest BCUT2D eigenvalue weighted by Gasteiger charge is -2.20. The van der Waals surface area contributed by atoms with Crippen molar-refractivity contribution in [2.75, 3.05) is 11.9 Å². The third-order valence-electron chi connectivity index (χ3n) is 4.98. The lowest BCUT2D eigenvalue weighted by atomic mass is 10.1. The number of hydrogen-bond donors (Lipinski definition) is 1. The maximum atomic E-state index is 13.1. The van der Waals surface area contributed by atoms with Gasteiger partial charge in [-0.1, -0.05) is 18.2 Å². The molecule has 0 saturated heterocycles. The number of furan rings is 1. The number of fused-ring (bicyclic) bond motifs is 1. The number of carbonyl (C=O) groups excluding carboxylic acids is 2. The topological polar surface area (TPSA) is 80.4 Å². The fourth-order valence-corrected chi connectivity index (χ4v) is 3.47. The van der Waals surface area contributed by atoms with Crippen molar-refractivity contribution in [1.82, 2.24) is 14.9 Å². The Morgan fingerprint density at radius 3 is 2.75 bits per heavy atom. The zero-order valence-corrected chi connectivity index (χ0v) is 15.7. The quantitative estimate of drug-likeness (QED) is 0.740. The van der Waals surface area contributed by atoms with E-state index in [0.717, 1.165) is 30.6 Å². The van der Waals surface area contributed by atoms with E-state index in [2.05, 4.69) is 10.3 Å². The van der Waals surface area contributed by atoms with Crippen molar-refractivity contribution < 1.29 is 14.0 Å². The van der Waals surface area contributed by atoms with E-state index in [1.165, 1.54) is 0 Å². The first-order chi connectivity index (χ1) is 13.6. The van der Waals surface area contributed by atoms with E-state index in [0.29, 0.717) is 23.8 Å². The third-order valence-corrected chi connectivity index (χ3v) is 4.98. The average Bonchev–Trinajstić information content (AvgIpc) is 3.39. The number of para-hydroxylation sites is 1. The standard InChI is InChI=1S/C21H22N4O3/c1-24(15-8-3-2-4-9-15)21(27)19-23-18(17-11-5-6-12-25(17)19)20(26)22-14-16-10-7-13-28-16/h2-4,7-10,13H,5-6,11-12,14H2,1H3,(H,22,26). The first-order valence-electron chi connectivity index (χ1n) is 9.38.